The third-order valence-corrected chi connectivity index (χ3v) is 2.91. The van der Waals surface area contributed by atoms with Crippen molar-refractivity contribution in [3.05, 3.63) is 0 Å². The SMILES string of the molecule is CC(=O)CS(=O)CCNC(=O)C(C)C. The second-order valence-corrected chi connectivity index (χ2v) is 5.01. The fourth-order valence-electron chi connectivity index (χ4n) is 0.791. The lowest BCUT2D eigenvalue weighted by Gasteiger charge is -2.06. The standard InChI is InChI=1S/C9H17NO3S/c1-7(2)9(12)10-4-5-14(13)6-8(3)11/h7H,4-6H2,1-3H3,(H,10,12). The topological polar surface area (TPSA) is 63.2 Å². The summed E-state index contributed by atoms with van der Waals surface area (Å²) in [5.41, 5.74) is 0. The molecule has 5 heteroatoms. The minimum atomic E-state index is -1.14. The lowest BCUT2D eigenvalue weighted by molar-refractivity contribution is -0.123. The van der Waals surface area contributed by atoms with E-state index < -0.39 is 10.8 Å². The summed E-state index contributed by atoms with van der Waals surface area (Å²) in [5.74, 6) is 0.231. The fourth-order valence-corrected chi connectivity index (χ4v) is 1.72. The summed E-state index contributed by atoms with van der Waals surface area (Å²) in [6.07, 6.45) is 0. The van der Waals surface area contributed by atoms with Crippen LogP contribution in [0.4, 0.5) is 0 Å². The number of Topliss-reactive ketones (excluding diaryl/α,β-unsaturated/α-hetero) is 1. The molecule has 0 saturated carbocycles. The van der Waals surface area contributed by atoms with Gasteiger partial charge in [-0.2, -0.15) is 0 Å². The van der Waals surface area contributed by atoms with Gasteiger partial charge < -0.3 is 5.32 Å². The second-order valence-electron chi connectivity index (χ2n) is 3.44. The maximum atomic E-state index is 11.1. The number of hydrogen-bond acceptors (Lipinski definition) is 3. The third kappa shape index (κ3) is 6.77. The van der Waals surface area contributed by atoms with Gasteiger partial charge in [0.05, 0.1) is 5.75 Å². The smallest absolute Gasteiger partial charge is 0.222 e. The fraction of sp³-hybridized carbons (Fsp3) is 0.778. The molecular formula is C9H17NO3S. The summed E-state index contributed by atoms with van der Waals surface area (Å²) in [6.45, 7) is 5.37. The molecular weight excluding hydrogens is 202 g/mol. The summed E-state index contributed by atoms with van der Waals surface area (Å²) in [4.78, 5) is 21.6. The van der Waals surface area contributed by atoms with Gasteiger partial charge in [0, 0.05) is 29.0 Å². The highest BCUT2D eigenvalue weighted by Crippen LogP contribution is 1.90. The van der Waals surface area contributed by atoms with E-state index in [1.807, 2.05) is 0 Å². The number of carbonyl (C=O) groups excluding carboxylic acids is 2. The van der Waals surface area contributed by atoms with Gasteiger partial charge in [0.2, 0.25) is 5.91 Å². The highest BCUT2D eigenvalue weighted by molar-refractivity contribution is 7.85. The first kappa shape index (κ1) is 13.3. The Morgan fingerprint density at radius 1 is 1.36 bits per heavy atom. The number of amides is 1. The molecule has 0 aliphatic carbocycles. The van der Waals surface area contributed by atoms with E-state index in [0.717, 1.165) is 0 Å². The van der Waals surface area contributed by atoms with Crippen LogP contribution in [-0.4, -0.2) is 33.9 Å². The molecule has 0 aromatic rings. The maximum Gasteiger partial charge on any atom is 0.222 e. The molecule has 0 aliphatic rings. The minimum Gasteiger partial charge on any atom is -0.355 e. The first-order chi connectivity index (χ1) is 6.43. The summed E-state index contributed by atoms with van der Waals surface area (Å²) >= 11 is 0. The number of hydrogen-bond donors (Lipinski definition) is 1. The minimum absolute atomic E-state index is 0.0511. The van der Waals surface area contributed by atoms with E-state index in [1.54, 1.807) is 13.8 Å². The van der Waals surface area contributed by atoms with Gasteiger partial charge in [-0.3, -0.25) is 13.8 Å². The monoisotopic (exact) mass is 219 g/mol. The molecule has 4 nitrogen and oxygen atoms in total. The molecule has 0 aromatic carbocycles. The summed E-state index contributed by atoms with van der Waals surface area (Å²) in [7, 11) is -1.14. The zero-order valence-electron chi connectivity index (χ0n) is 8.83. The van der Waals surface area contributed by atoms with Gasteiger partial charge in [-0.1, -0.05) is 13.8 Å². The Bertz CT molecular complexity index is 238. The zero-order chi connectivity index (χ0) is 11.1. The average molecular weight is 219 g/mol. The van der Waals surface area contributed by atoms with Gasteiger partial charge in [0.1, 0.15) is 5.78 Å². The molecule has 0 aliphatic heterocycles. The van der Waals surface area contributed by atoms with E-state index in [1.165, 1.54) is 6.92 Å². The molecule has 1 atom stereocenters. The van der Waals surface area contributed by atoms with Crippen molar-refractivity contribution in [3.8, 4) is 0 Å². The first-order valence-corrected chi connectivity index (χ1v) is 6.04. The van der Waals surface area contributed by atoms with Crippen molar-refractivity contribution in [2.75, 3.05) is 18.1 Å². The number of nitrogens with one attached hydrogen (secondary N) is 1. The molecule has 0 radical (unpaired) electrons. The van der Waals surface area contributed by atoms with E-state index in [2.05, 4.69) is 5.32 Å². The molecule has 82 valence electrons. The van der Waals surface area contributed by atoms with Crippen LogP contribution >= 0.6 is 0 Å². The molecule has 0 bridgehead atoms. The molecule has 0 fully saturated rings. The van der Waals surface area contributed by atoms with Crippen molar-refractivity contribution in [2.45, 2.75) is 20.8 Å². The van der Waals surface area contributed by atoms with Crippen LogP contribution in [0.25, 0.3) is 0 Å². The van der Waals surface area contributed by atoms with E-state index in [0.29, 0.717) is 12.3 Å². The molecule has 1 unspecified atom stereocenters. The molecule has 14 heavy (non-hydrogen) atoms. The van der Waals surface area contributed by atoms with Gasteiger partial charge in [0.15, 0.2) is 0 Å². The highest BCUT2D eigenvalue weighted by Gasteiger charge is 2.07. The second kappa shape index (κ2) is 6.70. The van der Waals surface area contributed by atoms with Crippen LogP contribution in [0.5, 0.6) is 0 Å². The van der Waals surface area contributed by atoms with Crippen molar-refractivity contribution < 1.29 is 13.8 Å². The predicted octanol–water partition coefficient (Wildman–Crippen LogP) is 0.0963. The van der Waals surface area contributed by atoms with Crippen molar-refractivity contribution in [2.24, 2.45) is 5.92 Å². The lowest BCUT2D eigenvalue weighted by atomic mass is 10.2. The Hall–Kier alpha value is -0.710. The quantitative estimate of drug-likeness (QED) is 0.689. The van der Waals surface area contributed by atoms with Gasteiger partial charge in [-0.25, -0.2) is 0 Å². The van der Waals surface area contributed by atoms with Gasteiger partial charge in [-0.15, -0.1) is 0 Å². The Morgan fingerprint density at radius 3 is 2.36 bits per heavy atom. The van der Waals surface area contributed by atoms with E-state index in [-0.39, 0.29) is 23.4 Å². The molecule has 0 aromatic heterocycles. The molecule has 1 amide bonds. The van der Waals surface area contributed by atoms with Crippen LogP contribution in [0.3, 0.4) is 0 Å². The van der Waals surface area contributed by atoms with Crippen LogP contribution in [0.1, 0.15) is 20.8 Å². The Morgan fingerprint density at radius 2 is 1.93 bits per heavy atom. The Balaban J connectivity index is 3.59. The molecule has 1 N–H and O–H groups in total. The van der Waals surface area contributed by atoms with Crippen LogP contribution < -0.4 is 5.32 Å². The van der Waals surface area contributed by atoms with E-state index >= 15 is 0 Å². The molecule has 0 rings (SSSR count). The van der Waals surface area contributed by atoms with Crippen LogP contribution in [-0.2, 0) is 20.4 Å². The van der Waals surface area contributed by atoms with Gasteiger partial charge in [0.25, 0.3) is 0 Å². The molecule has 0 heterocycles. The Labute approximate surface area is 86.9 Å². The molecule has 0 spiro atoms. The van der Waals surface area contributed by atoms with Crippen LogP contribution in [0.15, 0.2) is 0 Å². The number of ketones is 1. The number of rotatable bonds is 6. The van der Waals surface area contributed by atoms with Gasteiger partial charge in [-0.05, 0) is 6.92 Å². The largest absolute Gasteiger partial charge is 0.355 e. The van der Waals surface area contributed by atoms with E-state index in [9.17, 15) is 13.8 Å². The van der Waals surface area contributed by atoms with Crippen molar-refractivity contribution >= 4 is 22.5 Å². The summed E-state index contributed by atoms with van der Waals surface area (Å²) in [5, 5.41) is 2.64. The van der Waals surface area contributed by atoms with Crippen molar-refractivity contribution in [1.82, 2.24) is 5.32 Å². The number of carbonyl (C=O) groups is 2. The third-order valence-electron chi connectivity index (χ3n) is 1.52. The van der Waals surface area contributed by atoms with Crippen LogP contribution in [0.2, 0.25) is 0 Å². The van der Waals surface area contributed by atoms with Gasteiger partial charge >= 0.3 is 0 Å². The van der Waals surface area contributed by atoms with Crippen LogP contribution in [0, 0.1) is 5.92 Å². The van der Waals surface area contributed by atoms with E-state index in [4.69, 9.17) is 0 Å². The summed E-state index contributed by atoms with van der Waals surface area (Å²) < 4.78 is 11.1. The predicted molar refractivity (Wildman–Crippen MR) is 56.4 cm³/mol. The first-order valence-electron chi connectivity index (χ1n) is 4.55. The van der Waals surface area contributed by atoms with Crippen molar-refractivity contribution in [3.63, 3.8) is 0 Å². The van der Waals surface area contributed by atoms with Crippen molar-refractivity contribution in [1.29, 1.82) is 0 Å². The lowest BCUT2D eigenvalue weighted by Crippen LogP contribution is -2.31. The average Bonchev–Trinajstić information content (AvgIpc) is 2.02. The Kier molecular flexibility index (Phi) is 6.36. The highest BCUT2D eigenvalue weighted by atomic mass is 32.2. The maximum absolute atomic E-state index is 11.1. The normalized spacial score (nSPS) is 12.6. The zero-order valence-corrected chi connectivity index (χ0v) is 9.65. The summed E-state index contributed by atoms with van der Waals surface area (Å²) in [6, 6.07) is 0. The molecule has 0 saturated heterocycles.